The number of rotatable bonds is 7. The van der Waals surface area contributed by atoms with Crippen LogP contribution in [0.1, 0.15) is 56.0 Å². The van der Waals surface area contributed by atoms with Gasteiger partial charge in [0.05, 0.1) is 17.6 Å². The van der Waals surface area contributed by atoms with Gasteiger partial charge >= 0.3 is 0 Å². The van der Waals surface area contributed by atoms with Crippen molar-refractivity contribution >= 4 is 5.69 Å². The molecule has 4 nitrogen and oxygen atoms in total. The lowest BCUT2D eigenvalue weighted by atomic mass is 10.0. The third-order valence-corrected chi connectivity index (χ3v) is 5.45. The van der Waals surface area contributed by atoms with Crippen molar-refractivity contribution in [2.75, 3.05) is 11.4 Å². The Bertz CT molecular complexity index is 782. The molecule has 1 aromatic carbocycles. The van der Waals surface area contributed by atoms with E-state index in [1.165, 1.54) is 11.1 Å². The van der Waals surface area contributed by atoms with Crippen LogP contribution in [0, 0.1) is 0 Å². The van der Waals surface area contributed by atoms with Gasteiger partial charge in [-0.25, -0.2) is 0 Å². The first-order valence-corrected chi connectivity index (χ1v) is 10.00. The van der Waals surface area contributed by atoms with Crippen molar-refractivity contribution < 1.29 is 4.74 Å². The van der Waals surface area contributed by atoms with Crippen LogP contribution in [0.5, 0.6) is 0 Å². The lowest BCUT2D eigenvalue weighted by molar-refractivity contribution is 0.329. The maximum atomic E-state index is 5.84. The molecule has 142 valence electrons. The van der Waals surface area contributed by atoms with E-state index in [0.717, 1.165) is 30.8 Å². The molecule has 2 unspecified atom stereocenters. The predicted octanol–water partition coefficient (Wildman–Crippen LogP) is 4.55. The van der Waals surface area contributed by atoms with E-state index in [0.29, 0.717) is 5.92 Å². The highest BCUT2D eigenvalue weighted by atomic mass is 16.6. The Labute approximate surface area is 162 Å². The normalized spacial score (nSPS) is 22.4. The van der Waals surface area contributed by atoms with Crippen LogP contribution in [0.3, 0.4) is 0 Å². The van der Waals surface area contributed by atoms with Crippen molar-refractivity contribution in [3.8, 4) is 0 Å². The van der Waals surface area contributed by atoms with Crippen LogP contribution in [-0.2, 0) is 11.2 Å². The molecule has 0 bridgehead atoms. The Hall–Kier alpha value is -2.17. The van der Waals surface area contributed by atoms with Gasteiger partial charge in [0.15, 0.2) is 0 Å². The van der Waals surface area contributed by atoms with Gasteiger partial charge in [0.25, 0.3) is 0 Å². The summed E-state index contributed by atoms with van der Waals surface area (Å²) in [4.78, 5) is 6.88. The Balaban J connectivity index is 1.28. The van der Waals surface area contributed by atoms with Crippen LogP contribution in [0.4, 0.5) is 5.69 Å². The number of hydrogen-bond acceptors (Lipinski definition) is 4. The van der Waals surface area contributed by atoms with Crippen LogP contribution in [0.2, 0.25) is 0 Å². The summed E-state index contributed by atoms with van der Waals surface area (Å²) in [7, 11) is 0. The maximum Gasteiger partial charge on any atom is 0.136 e. The molecule has 0 radical (unpaired) electrons. The number of nitrogens with one attached hydrogen (secondary N) is 1. The maximum absolute atomic E-state index is 5.84. The summed E-state index contributed by atoms with van der Waals surface area (Å²) in [6.45, 7) is 7.64. The second-order valence-corrected chi connectivity index (χ2v) is 7.89. The van der Waals surface area contributed by atoms with Gasteiger partial charge in [0.1, 0.15) is 12.3 Å². The highest BCUT2D eigenvalue weighted by Crippen LogP contribution is 2.28. The molecule has 0 aliphatic carbocycles. The highest BCUT2D eigenvalue weighted by molar-refractivity contribution is 5.49. The summed E-state index contributed by atoms with van der Waals surface area (Å²) in [5.74, 6) is 0.576. The van der Waals surface area contributed by atoms with Gasteiger partial charge in [-0.1, -0.05) is 44.2 Å². The second kappa shape index (κ2) is 7.83. The van der Waals surface area contributed by atoms with E-state index in [-0.39, 0.29) is 18.4 Å². The fourth-order valence-electron chi connectivity index (χ4n) is 3.58. The van der Waals surface area contributed by atoms with Gasteiger partial charge in [-0.15, -0.1) is 0 Å². The molecule has 3 heterocycles. The lowest BCUT2D eigenvalue weighted by Gasteiger charge is -2.17. The largest absolute Gasteiger partial charge is 0.353 e. The van der Waals surface area contributed by atoms with E-state index in [2.05, 4.69) is 84.6 Å². The molecule has 0 amide bonds. The van der Waals surface area contributed by atoms with E-state index >= 15 is 0 Å². The molecule has 1 aromatic heterocycles. The van der Waals surface area contributed by atoms with E-state index in [4.69, 9.17) is 4.74 Å². The number of ether oxygens (including phenoxy) is 1. The van der Waals surface area contributed by atoms with Crippen molar-refractivity contribution in [3.63, 3.8) is 0 Å². The number of aromatic nitrogens is 1. The zero-order chi connectivity index (χ0) is 18.8. The summed E-state index contributed by atoms with van der Waals surface area (Å²) in [5, 5.41) is 3.55. The molecule has 0 saturated carbocycles. The second-order valence-electron chi connectivity index (χ2n) is 7.89. The predicted molar refractivity (Wildman–Crippen MR) is 110 cm³/mol. The Morgan fingerprint density at radius 3 is 2.59 bits per heavy atom. The zero-order valence-corrected chi connectivity index (χ0v) is 16.4. The molecule has 4 rings (SSSR count). The van der Waals surface area contributed by atoms with Crippen molar-refractivity contribution in [2.45, 2.75) is 57.9 Å². The quantitative estimate of drug-likeness (QED) is 0.733. The summed E-state index contributed by atoms with van der Waals surface area (Å²) in [5.41, 5.74) is 4.93. The molecule has 2 aliphatic rings. The van der Waals surface area contributed by atoms with Gasteiger partial charge in [0, 0.05) is 25.2 Å². The Morgan fingerprint density at radius 2 is 1.96 bits per heavy atom. The summed E-state index contributed by atoms with van der Waals surface area (Å²) in [6, 6.07) is 13.4. The summed E-state index contributed by atoms with van der Waals surface area (Å²) < 4.78 is 5.84. The average molecular weight is 364 g/mol. The molecule has 2 aliphatic heterocycles. The minimum atomic E-state index is 0.118. The van der Waals surface area contributed by atoms with E-state index in [9.17, 15) is 0 Å². The van der Waals surface area contributed by atoms with Crippen LogP contribution < -0.4 is 10.2 Å². The lowest BCUT2D eigenvalue weighted by Crippen LogP contribution is -2.25. The fourth-order valence-corrected chi connectivity index (χ4v) is 3.58. The number of pyridine rings is 1. The van der Waals surface area contributed by atoms with Gasteiger partial charge in [-0.05, 0) is 42.5 Å². The molecule has 1 fully saturated rings. The summed E-state index contributed by atoms with van der Waals surface area (Å²) >= 11 is 0. The third kappa shape index (κ3) is 4.40. The van der Waals surface area contributed by atoms with E-state index in [1.54, 1.807) is 0 Å². The molecule has 1 N–H and O–H groups in total. The van der Waals surface area contributed by atoms with E-state index in [1.807, 2.05) is 6.20 Å². The molecule has 4 heteroatoms. The number of epoxide rings is 1. The first-order valence-electron chi connectivity index (χ1n) is 10.00. The average Bonchev–Trinajstić information content (AvgIpc) is 3.18. The molecule has 0 spiro atoms. The highest BCUT2D eigenvalue weighted by Gasteiger charge is 2.39. The Kier molecular flexibility index (Phi) is 5.28. The standard InChI is InChI=1S/C23H29N3O/c1-16(2)19-8-6-18(7-9-19)14-22-23(27-22)25-17(3)21-11-10-20(15-24-21)26-12-4-5-13-26/h4,6-12,15-17,22-23,25H,5,13-14H2,1-3H3/t17-,22?,23?/m1/s1. The SMILES string of the molecule is CC(C)c1ccc(CC2OC2N[C@H](C)c2ccc(N3C=CCC3)cn2)cc1. The molecule has 2 aromatic rings. The minimum absolute atomic E-state index is 0.118. The number of hydrogen-bond donors (Lipinski definition) is 1. The van der Waals surface area contributed by atoms with Crippen molar-refractivity contribution in [3.05, 3.63) is 71.7 Å². The molecular formula is C23H29N3O. The molecule has 27 heavy (non-hydrogen) atoms. The minimum Gasteiger partial charge on any atom is -0.353 e. The summed E-state index contributed by atoms with van der Waals surface area (Å²) in [6.07, 6.45) is 8.73. The topological polar surface area (TPSA) is 40.7 Å². The van der Waals surface area contributed by atoms with Crippen molar-refractivity contribution in [1.82, 2.24) is 10.3 Å². The number of benzene rings is 1. The Morgan fingerprint density at radius 1 is 1.15 bits per heavy atom. The van der Waals surface area contributed by atoms with Crippen LogP contribution in [0.25, 0.3) is 0 Å². The third-order valence-electron chi connectivity index (χ3n) is 5.45. The number of anilines is 1. The zero-order valence-electron chi connectivity index (χ0n) is 16.4. The van der Waals surface area contributed by atoms with Crippen molar-refractivity contribution in [2.24, 2.45) is 0 Å². The number of nitrogens with zero attached hydrogens (tertiary/aromatic N) is 2. The van der Waals surface area contributed by atoms with Gasteiger partial charge in [-0.3, -0.25) is 10.3 Å². The first kappa shape index (κ1) is 18.2. The van der Waals surface area contributed by atoms with Gasteiger partial charge in [-0.2, -0.15) is 0 Å². The molecule has 1 saturated heterocycles. The van der Waals surface area contributed by atoms with Gasteiger partial charge < -0.3 is 9.64 Å². The van der Waals surface area contributed by atoms with Gasteiger partial charge in [0.2, 0.25) is 0 Å². The smallest absolute Gasteiger partial charge is 0.136 e. The van der Waals surface area contributed by atoms with E-state index < -0.39 is 0 Å². The van der Waals surface area contributed by atoms with Crippen LogP contribution in [-0.4, -0.2) is 23.9 Å². The first-order chi connectivity index (χ1) is 13.1. The molecule has 3 atom stereocenters. The fraction of sp³-hybridized carbons (Fsp3) is 0.435. The monoisotopic (exact) mass is 363 g/mol. The van der Waals surface area contributed by atoms with Crippen LogP contribution >= 0.6 is 0 Å². The molecular weight excluding hydrogens is 334 g/mol. The van der Waals surface area contributed by atoms with Crippen molar-refractivity contribution in [1.29, 1.82) is 0 Å². The van der Waals surface area contributed by atoms with Crippen LogP contribution in [0.15, 0.2) is 54.9 Å².